The summed E-state index contributed by atoms with van der Waals surface area (Å²) in [5.74, 6) is -0.821. The van der Waals surface area contributed by atoms with Crippen molar-refractivity contribution in [1.82, 2.24) is 0 Å². The van der Waals surface area contributed by atoms with Crippen molar-refractivity contribution in [2.24, 2.45) is 0 Å². The fourth-order valence-electron chi connectivity index (χ4n) is 9.66. The Balaban J connectivity index is 4.04. The Morgan fingerprint density at radius 2 is 0.692 bits per heavy atom. The van der Waals surface area contributed by atoms with Gasteiger partial charge in [0.1, 0.15) is 19.8 Å². The molecule has 0 saturated carbocycles. The maximum absolute atomic E-state index is 12.8. The molecule has 0 fully saturated rings. The minimum absolute atomic E-state index is 0.0300. The van der Waals surface area contributed by atoms with E-state index in [1.54, 1.807) is 0 Å². The van der Waals surface area contributed by atoms with Gasteiger partial charge in [0.15, 0.2) is 6.10 Å². The van der Waals surface area contributed by atoms with Crippen LogP contribution in [-0.4, -0.2) is 70.0 Å². The quantitative estimate of drug-likeness (QED) is 0.0195. The molecule has 2 unspecified atom stereocenters. The van der Waals surface area contributed by atoms with Crippen LogP contribution in [0, 0.1) is 0 Å². The van der Waals surface area contributed by atoms with Gasteiger partial charge in [0.05, 0.1) is 27.7 Å². The van der Waals surface area contributed by atoms with Gasteiger partial charge in [0, 0.05) is 12.8 Å². The molecule has 0 bridgehead atoms. The van der Waals surface area contributed by atoms with E-state index in [-0.39, 0.29) is 32.0 Å². The molecule has 0 aliphatic carbocycles. The first-order valence-electron chi connectivity index (χ1n) is 33.3. The van der Waals surface area contributed by atoms with E-state index in [0.717, 1.165) is 44.9 Å². The van der Waals surface area contributed by atoms with Crippen molar-refractivity contribution in [3.8, 4) is 0 Å². The van der Waals surface area contributed by atoms with Gasteiger partial charge < -0.3 is 27.9 Å². The number of hydrogen-bond acceptors (Lipinski definition) is 8. The largest absolute Gasteiger partial charge is 0.756 e. The SMILES string of the molecule is CCCCCCC/C=C\C/C=C\CCCCCCCCCCCCCCCCCCCCCC(=O)OC(COC(=O)CCCCCCCCCCCCC/C=C\C/C=C\CCCCCCC)COP(=O)([O-])OCC[N+](C)(C)C. The first-order valence-corrected chi connectivity index (χ1v) is 34.8. The minimum atomic E-state index is -4.64. The molecule has 0 N–H and O–H groups in total. The third-order valence-electron chi connectivity index (χ3n) is 14.8. The maximum Gasteiger partial charge on any atom is 0.306 e. The van der Waals surface area contributed by atoms with Gasteiger partial charge in [-0.3, -0.25) is 14.2 Å². The lowest BCUT2D eigenvalue weighted by molar-refractivity contribution is -0.870. The average molecular weight is 1120 g/mol. The smallest absolute Gasteiger partial charge is 0.306 e. The number of ether oxygens (including phenoxy) is 2. The molecule has 0 aliphatic rings. The molecule has 9 nitrogen and oxygen atoms in total. The Labute approximate surface area is 484 Å². The monoisotopic (exact) mass is 1120 g/mol. The van der Waals surface area contributed by atoms with Gasteiger partial charge >= 0.3 is 11.9 Å². The molecule has 0 amide bonds. The number of carbonyl (C=O) groups excluding carboxylic acids is 2. The summed E-state index contributed by atoms with van der Waals surface area (Å²) >= 11 is 0. The van der Waals surface area contributed by atoms with Gasteiger partial charge in [-0.25, -0.2) is 0 Å². The predicted molar refractivity (Wildman–Crippen MR) is 333 cm³/mol. The van der Waals surface area contributed by atoms with Gasteiger partial charge in [-0.1, -0.05) is 281 Å². The van der Waals surface area contributed by atoms with Crippen molar-refractivity contribution >= 4 is 19.8 Å². The van der Waals surface area contributed by atoms with E-state index in [2.05, 4.69) is 62.5 Å². The van der Waals surface area contributed by atoms with Crippen LogP contribution in [0.25, 0.3) is 0 Å². The Bertz CT molecular complexity index is 1460. The molecule has 0 aromatic rings. The third kappa shape index (κ3) is 63.2. The number of rotatable bonds is 62. The van der Waals surface area contributed by atoms with Crippen molar-refractivity contribution < 1.29 is 42.1 Å². The van der Waals surface area contributed by atoms with Crippen LogP contribution in [0.15, 0.2) is 48.6 Å². The lowest BCUT2D eigenvalue weighted by atomic mass is 10.0. The third-order valence-corrected chi connectivity index (χ3v) is 15.8. The summed E-state index contributed by atoms with van der Waals surface area (Å²) in [5, 5.41) is 0. The van der Waals surface area contributed by atoms with Gasteiger partial charge in [-0.15, -0.1) is 0 Å². The molecule has 0 spiro atoms. The topological polar surface area (TPSA) is 111 Å². The highest BCUT2D eigenvalue weighted by molar-refractivity contribution is 7.45. The van der Waals surface area contributed by atoms with Crippen molar-refractivity contribution in [3.05, 3.63) is 48.6 Å². The van der Waals surface area contributed by atoms with Crippen LogP contribution < -0.4 is 4.89 Å². The van der Waals surface area contributed by atoms with Gasteiger partial charge in [0.25, 0.3) is 7.82 Å². The molecule has 10 heteroatoms. The van der Waals surface area contributed by atoms with E-state index >= 15 is 0 Å². The zero-order chi connectivity index (χ0) is 57.0. The average Bonchev–Trinajstić information content (AvgIpc) is 3.40. The van der Waals surface area contributed by atoms with Crippen molar-refractivity contribution in [2.45, 2.75) is 328 Å². The van der Waals surface area contributed by atoms with Crippen molar-refractivity contribution in [1.29, 1.82) is 0 Å². The molecule has 0 aliphatic heterocycles. The number of hydrogen-bond donors (Lipinski definition) is 0. The highest BCUT2D eigenvalue weighted by atomic mass is 31.2. The second-order valence-electron chi connectivity index (χ2n) is 23.8. The molecule has 458 valence electrons. The molecule has 78 heavy (non-hydrogen) atoms. The summed E-state index contributed by atoms with van der Waals surface area (Å²) < 4.78 is 34.3. The Morgan fingerprint density at radius 3 is 1.01 bits per heavy atom. The van der Waals surface area contributed by atoms with Crippen LogP contribution >= 0.6 is 7.82 Å². The number of phosphoric acid groups is 1. The van der Waals surface area contributed by atoms with E-state index in [1.165, 1.54) is 244 Å². The van der Waals surface area contributed by atoms with Crippen LogP contribution in [0.2, 0.25) is 0 Å². The number of esters is 2. The molecular weight excluding hydrogens is 990 g/mol. The van der Waals surface area contributed by atoms with Gasteiger partial charge in [-0.05, 0) is 77.0 Å². The van der Waals surface area contributed by atoms with Gasteiger partial charge in [0.2, 0.25) is 0 Å². The molecule has 0 radical (unpaired) electrons. The van der Waals surface area contributed by atoms with E-state index in [0.29, 0.717) is 17.4 Å². The molecule has 0 rings (SSSR count). The zero-order valence-corrected chi connectivity index (χ0v) is 53.0. The Kier molecular flexibility index (Phi) is 58.0. The van der Waals surface area contributed by atoms with E-state index in [4.69, 9.17) is 18.5 Å². The lowest BCUT2D eigenvalue weighted by Gasteiger charge is -2.28. The Hall–Kier alpha value is -2.03. The summed E-state index contributed by atoms with van der Waals surface area (Å²) in [5.41, 5.74) is 0. The molecule has 0 heterocycles. The van der Waals surface area contributed by atoms with Crippen LogP contribution in [-0.2, 0) is 32.7 Å². The summed E-state index contributed by atoms with van der Waals surface area (Å²) in [7, 11) is 1.18. The fourth-order valence-corrected chi connectivity index (χ4v) is 10.4. The standard InChI is InChI=1S/C68H128NO8P/c1-6-8-10-12-14-16-18-20-22-24-26-28-30-31-32-33-34-35-36-37-39-41-43-45-47-49-51-53-55-57-59-61-68(71)77-66(65-76-78(72,73)75-63-62-69(3,4)5)64-74-67(70)60-58-56-54-52-50-48-46-44-42-40-38-29-27-25-23-21-19-17-15-13-11-9-7-2/h18-21,24-27,66H,6-17,22-23,28-65H2,1-5H3/b20-18-,21-19-,26-24-,27-25-. The molecule has 0 aromatic carbocycles. The van der Waals surface area contributed by atoms with Crippen LogP contribution in [0.5, 0.6) is 0 Å². The summed E-state index contributed by atoms with van der Waals surface area (Å²) in [6, 6.07) is 0. The maximum atomic E-state index is 12.8. The van der Waals surface area contributed by atoms with Gasteiger partial charge in [-0.2, -0.15) is 0 Å². The second-order valence-corrected chi connectivity index (χ2v) is 25.2. The number of likely N-dealkylation sites (N-methyl/N-ethyl adjacent to an activating group) is 1. The molecule has 0 aromatic heterocycles. The van der Waals surface area contributed by atoms with E-state index in [9.17, 15) is 19.0 Å². The van der Waals surface area contributed by atoms with E-state index in [1.807, 2.05) is 21.1 Å². The number of phosphoric ester groups is 1. The van der Waals surface area contributed by atoms with Crippen LogP contribution in [0.3, 0.4) is 0 Å². The van der Waals surface area contributed by atoms with Crippen molar-refractivity contribution in [3.63, 3.8) is 0 Å². The van der Waals surface area contributed by atoms with E-state index < -0.39 is 26.5 Å². The summed E-state index contributed by atoms with van der Waals surface area (Å²) in [6.07, 6.45) is 76.1. The lowest BCUT2D eigenvalue weighted by Crippen LogP contribution is -2.37. The normalized spacial score (nSPS) is 13.5. The van der Waals surface area contributed by atoms with Crippen molar-refractivity contribution in [2.75, 3.05) is 47.5 Å². The minimum Gasteiger partial charge on any atom is -0.756 e. The number of carbonyl (C=O) groups is 2. The number of unbranched alkanes of at least 4 members (excludes halogenated alkanes) is 40. The first kappa shape index (κ1) is 76.0. The highest BCUT2D eigenvalue weighted by Crippen LogP contribution is 2.38. The number of allylic oxidation sites excluding steroid dienone is 8. The predicted octanol–water partition coefficient (Wildman–Crippen LogP) is 20.6. The molecule has 2 atom stereocenters. The molecular formula is C68H128NO8P. The first-order chi connectivity index (χ1) is 38.0. The highest BCUT2D eigenvalue weighted by Gasteiger charge is 2.22. The number of nitrogens with zero attached hydrogens (tertiary/aromatic N) is 1. The second kappa shape index (κ2) is 59.6. The Morgan fingerprint density at radius 1 is 0.397 bits per heavy atom. The summed E-state index contributed by atoms with van der Waals surface area (Å²) in [6.45, 7) is 4.27. The van der Waals surface area contributed by atoms with Crippen LogP contribution in [0.4, 0.5) is 0 Å². The zero-order valence-electron chi connectivity index (χ0n) is 52.1. The fraction of sp³-hybridized carbons (Fsp3) is 0.853. The number of quaternary nitrogens is 1. The summed E-state index contributed by atoms with van der Waals surface area (Å²) in [4.78, 5) is 38.0. The van der Waals surface area contributed by atoms with Crippen LogP contribution in [0.1, 0.15) is 322 Å². The molecule has 0 saturated heterocycles.